The predicted molar refractivity (Wildman–Crippen MR) is 82.3 cm³/mol. The van der Waals surface area contributed by atoms with Crippen LogP contribution >= 0.6 is 0 Å². The van der Waals surface area contributed by atoms with Crippen molar-refractivity contribution in [3.8, 4) is 0 Å². The molecule has 0 bridgehead atoms. The highest BCUT2D eigenvalue weighted by molar-refractivity contribution is 4.49. The maximum absolute atomic E-state index is 5.47. The van der Waals surface area contributed by atoms with Gasteiger partial charge in [-0.25, -0.2) is 0 Å². The molecule has 0 heterocycles. The fraction of sp³-hybridized carbons (Fsp3) is 1.00. The lowest BCUT2D eigenvalue weighted by Crippen LogP contribution is -1.98. The highest BCUT2D eigenvalue weighted by atomic mass is 16.7. The van der Waals surface area contributed by atoms with Crippen LogP contribution in [0.4, 0.5) is 0 Å². The Balaban J connectivity index is 2.88. The number of nitrogens with two attached hydrogens (primary N) is 1. The van der Waals surface area contributed by atoms with Gasteiger partial charge in [-0.2, -0.15) is 0 Å². The van der Waals surface area contributed by atoms with Crippen molar-refractivity contribution in [2.75, 3.05) is 27.1 Å². The van der Waals surface area contributed by atoms with Gasteiger partial charge in [-0.1, -0.05) is 64.2 Å². The van der Waals surface area contributed by atoms with Crippen molar-refractivity contribution in [2.24, 2.45) is 5.73 Å². The summed E-state index contributed by atoms with van der Waals surface area (Å²) < 4.78 is 10.1. The van der Waals surface area contributed by atoms with Gasteiger partial charge in [0.05, 0.1) is 0 Å². The smallest absolute Gasteiger partial charge is 0.146 e. The third kappa shape index (κ3) is 17.9. The summed E-state index contributed by atoms with van der Waals surface area (Å²) in [7, 11) is 1.66. The second-order valence-electron chi connectivity index (χ2n) is 5.35. The standard InChI is InChI=1S/C16H35NO2/c1-18-16-19-15-13-11-9-7-5-3-2-4-6-8-10-12-14-17/h2-17H2,1H3. The topological polar surface area (TPSA) is 44.5 Å². The monoisotopic (exact) mass is 273 g/mol. The minimum Gasteiger partial charge on any atom is -0.359 e. The Morgan fingerprint density at radius 3 is 1.47 bits per heavy atom. The van der Waals surface area contributed by atoms with Gasteiger partial charge >= 0.3 is 0 Å². The molecule has 0 aliphatic rings. The molecule has 0 unspecified atom stereocenters. The molecule has 0 aromatic rings. The predicted octanol–water partition coefficient (Wildman–Crippen LogP) is 4.25. The number of hydrogen-bond donors (Lipinski definition) is 1. The molecule has 0 saturated carbocycles. The lowest BCUT2D eigenvalue weighted by atomic mass is 10.1. The van der Waals surface area contributed by atoms with Crippen LogP contribution in [0, 0.1) is 0 Å². The van der Waals surface area contributed by atoms with E-state index in [1.165, 1.54) is 77.0 Å². The minimum absolute atomic E-state index is 0.436. The second kappa shape index (κ2) is 17.9. The minimum atomic E-state index is 0.436. The highest BCUT2D eigenvalue weighted by Gasteiger charge is 1.94. The zero-order valence-corrected chi connectivity index (χ0v) is 13.0. The van der Waals surface area contributed by atoms with Crippen molar-refractivity contribution < 1.29 is 9.47 Å². The Hall–Kier alpha value is -0.120. The van der Waals surface area contributed by atoms with Gasteiger partial charge in [0, 0.05) is 13.7 Å². The first-order chi connectivity index (χ1) is 9.41. The van der Waals surface area contributed by atoms with E-state index in [0.29, 0.717) is 6.79 Å². The fourth-order valence-corrected chi connectivity index (χ4v) is 2.26. The SMILES string of the molecule is COCOCCCCCCCCCCCCCCN. The van der Waals surface area contributed by atoms with E-state index < -0.39 is 0 Å². The van der Waals surface area contributed by atoms with Crippen LogP contribution in [0.25, 0.3) is 0 Å². The lowest BCUT2D eigenvalue weighted by Gasteiger charge is -2.04. The lowest BCUT2D eigenvalue weighted by molar-refractivity contribution is -0.0315. The summed E-state index contributed by atoms with van der Waals surface area (Å²) in [5.41, 5.74) is 5.47. The molecule has 0 spiro atoms. The van der Waals surface area contributed by atoms with Crippen molar-refractivity contribution in [1.29, 1.82) is 0 Å². The van der Waals surface area contributed by atoms with Gasteiger partial charge in [0.15, 0.2) is 0 Å². The average Bonchev–Trinajstić information content (AvgIpc) is 2.43. The molecule has 0 saturated heterocycles. The number of rotatable bonds is 16. The van der Waals surface area contributed by atoms with E-state index in [-0.39, 0.29) is 0 Å². The Labute approximate surface area is 120 Å². The van der Waals surface area contributed by atoms with Gasteiger partial charge in [-0.05, 0) is 19.4 Å². The molecule has 0 aromatic heterocycles. The van der Waals surface area contributed by atoms with Crippen LogP contribution in [0.2, 0.25) is 0 Å². The summed E-state index contributed by atoms with van der Waals surface area (Å²) in [6.07, 6.45) is 16.1. The quantitative estimate of drug-likeness (QED) is 0.338. The summed E-state index contributed by atoms with van der Waals surface area (Å²) in [6.45, 7) is 2.14. The van der Waals surface area contributed by atoms with E-state index in [1.807, 2.05) is 0 Å². The molecule has 2 N–H and O–H groups in total. The number of unbranched alkanes of at least 4 members (excludes halogenated alkanes) is 11. The van der Waals surface area contributed by atoms with Gasteiger partial charge in [-0.3, -0.25) is 0 Å². The molecule has 3 heteroatoms. The van der Waals surface area contributed by atoms with Crippen molar-refractivity contribution in [3.05, 3.63) is 0 Å². The average molecular weight is 273 g/mol. The van der Waals surface area contributed by atoms with Crippen molar-refractivity contribution in [2.45, 2.75) is 77.0 Å². The Kier molecular flexibility index (Phi) is 17.8. The fourth-order valence-electron chi connectivity index (χ4n) is 2.26. The molecule has 3 nitrogen and oxygen atoms in total. The largest absolute Gasteiger partial charge is 0.359 e. The molecule has 116 valence electrons. The summed E-state index contributed by atoms with van der Waals surface area (Å²) in [6, 6.07) is 0. The molecule has 0 atom stereocenters. The third-order valence-corrected chi connectivity index (χ3v) is 3.44. The van der Waals surface area contributed by atoms with Crippen LogP contribution in [0.3, 0.4) is 0 Å². The number of methoxy groups -OCH3 is 1. The van der Waals surface area contributed by atoms with Crippen LogP contribution in [0.15, 0.2) is 0 Å². The van der Waals surface area contributed by atoms with E-state index in [9.17, 15) is 0 Å². The first-order valence-electron chi connectivity index (χ1n) is 8.18. The van der Waals surface area contributed by atoms with Crippen molar-refractivity contribution in [3.63, 3.8) is 0 Å². The van der Waals surface area contributed by atoms with Crippen molar-refractivity contribution in [1.82, 2.24) is 0 Å². The first-order valence-corrected chi connectivity index (χ1v) is 8.18. The maximum Gasteiger partial charge on any atom is 0.146 e. The van der Waals surface area contributed by atoms with Gasteiger partial charge in [-0.15, -0.1) is 0 Å². The summed E-state index contributed by atoms with van der Waals surface area (Å²) in [5, 5.41) is 0. The second-order valence-corrected chi connectivity index (χ2v) is 5.35. The van der Waals surface area contributed by atoms with Crippen LogP contribution in [0.5, 0.6) is 0 Å². The Morgan fingerprint density at radius 1 is 0.632 bits per heavy atom. The number of hydrogen-bond acceptors (Lipinski definition) is 3. The summed E-state index contributed by atoms with van der Waals surface area (Å²) in [4.78, 5) is 0. The van der Waals surface area contributed by atoms with Gasteiger partial charge in [0.1, 0.15) is 6.79 Å². The first kappa shape index (κ1) is 18.9. The van der Waals surface area contributed by atoms with E-state index in [0.717, 1.165) is 13.2 Å². The molecular weight excluding hydrogens is 238 g/mol. The normalized spacial score (nSPS) is 11.1. The van der Waals surface area contributed by atoms with Gasteiger partial charge in [0.25, 0.3) is 0 Å². The molecule has 0 aromatic carbocycles. The maximum atomic E-state index is 5.47. The van der Waals surface area contributed by atoms with E-state index in [1.54, 1.807) is 7.11 Å². The molecule has 19 heavy (non-hydrogen) atoms. The molecule has 0 aliphatic heterocycles. The van der Waals surface area contributed by atoms with E-state index >= 15 is 0 Å². The van der Waals surface area contributed by atoms with Crippen LogP contribution in [-0.4, -0.2) is 27.1 Å². The molecule has 0 fully saturated rings. The van der Waals surface area contributed by atoms with Gasteiger partial charge in [0.2, 0.25) is 0 Å². The summed E-state index contributed by atoms with van der Waals surface area (Å²) >= 11 is 0. The summed E-state index contributed by atoms with van der Waals surface area (Å²) in [5.74, 6) is 0. The number of ether oxygens (including phenoxy) is 2. The molecule has 0 radical (unpaired) electrons. The van der Waals surface area contributed by atoms with E-state index in [2.05, 4.69) is 0 Å². The Bertz CT molecular complexity index is 138. The zero-order chi connectivity index (χ0) is 14.0. The van der Waals surface area contributed by atoms with Crippen molar-refractivity contribution >= 4 is 0 Å². The van der Waals surface area contributed by atoms with Crippen LogP contribution in [-0.2, 0) is 9.47 Å². The highest BCUT2D eigenvalue weighted by Crippen LogP contribution is 2.11. The Morgan fingerprint density at radius 2 is 1.05 bits per heavy atom. The molecule has 0 amide bonds. The third-order valence-electron chi connectivity index (χ3n) is 3.44. The molecule has 0 aliphatic carbocycles. The van der Waals surface area contributed by atoms with Gasteiger partial charge < -0.3 is 15.2 Å². The molecule has 0 rings (SSSR count). The zero-order valence-electron chi connectivity index (χ0n) is 13.0. The van der Waals surface area contributed by atoms with Crippen LogP contribution in [0.1, 0.15) is 77.0 Å². The van der Waals surface area contributed by atoms with Crippen LogP contribution < -0.4 is 5.73 Å². The van der Waals surface area contributed by atoms with E-state index in [4.69, 9.17) is 15.2 Å². The molecular formula is C16H35NO2.